The molecule has 3 N–H and O–H groups in total. The number of esters is 1. The number of aliphatic hydroxyl groups excluding tert-OH is 1. The van der Waals surface area contributed by atoms with Crippen molar-refractivity contribution in [2.45, 2.75) is 102 Å². The topological polar surface area (TPSA) is 197 Å². The largest absolute Gasteiger partial charge is 0.497 e. The van der Waals surface area contributed by atoms with Gasteiger partial charge >= 0.3 is 19.7 Å². The first kappa shape index (κ1) is 49.0. The van der Waals surface area contributed by atoms with Crippen LogP contribution in [0.15, 0.2) is 83.8 Å². The molecule has 3 aromatic rings. The van der Waals surface area contributed by atoms with Gasteiger partial charge in [-0.15, -0.1) is 0 Å². The Morgan fingerprint density at radius 3 is 2.27 bits per heavy atom. The summed E-state index contributed by atoms with van der Waals surface area (Å²) in [4.78, 5) is 25.9. The molecule has 0 radical (unpaired) electrons. The minimum atomic E-state index is -4.06. The van der Waals surface area contributed by atoms with E-state index >= 15 is 0 Å². The number of methoxy groups -OCH3 is 1. The van der Waals surface area contributed by atoms with E-state index in [9.17, 15) is 27.7 Å². The molecule has 7 atom stereocenters. The second-order valence-corrected chi connectivity index (χ2v) is 21.1. The van der Waals surface area contributed by atoms with Crippen LogP contribution in [0.1, 0.15) is 59.1 Å². The Labute approximate surface area is 365 Å². The first-order chi connectivity index (χ1) is 29.4. The van der Waals surface area contributed by atoms with E-state index in [0.717, 1.165) is 11.1 Å². The molecule has 0 bridgehead atoms. The van der Waals surface area contributed by atoms with Crippen molar-refractivity contribution in [2.24, 2.45) is 11.8 Å². The molecule has 62 heavy (non-hydrogen) atoms. The highest BCUT2D eigenvalue weighted by Gasteiger charge is 2.47. The lowest BCUT2D eigenvalue weighted by Gasteiger charge is -2.34. The summed E-state index contributed by atoms with van der Waals surface area (Å²) < 4.78 is 82.7. The maximum absolute atomic E-state index is 14.5. The monoisotopic (exact) mass is 903 g/mol. The Hall–Kier alpha value is -4.06. The molecule has 1 unspecified atom stereocenters. The van der Waals surface area contributed by atoms with Gasteiger partial charge in [-0.2, -0.15) is 4.31 Å². The molecule has 2 aliphatic heterocycles. The van der Waals surface area contributed by atoms with Crippen LogP contribution >= 0.6 is 7.60 Å². The van der Waals surface area contributed by atoms with Crippen LogP contribution in [-0.4, -0.2) is 112 Å². The normalized spacial score (nSPS) is 20.2. The molecule has 18 heteroatoms. The van der Waals surface area contributed by atoms with Crippen LogP contribution in [0.3, 0.4) is 0 Å². The van der Waals surface area contributed by atoms with Gasteiger partial charge in [-0.05, 0) is 94.0 Å². The summed E-state index contributed by atoms with van der Waals surface area (Å²) in [7, 11) is -6.57. The molecule has 1 amide bonds. The van der Waals surface area contributed by atoms with Gasteiger partial charge in [-0.3, -0.25) is 4.52 Å². The molecule has 3 aromatic carbocycles. The van der Waals surface area contributed by atoms with Crippen molar-refractivity contribution in [3.8, 4) is 11.5 Å². The number of carbonyl (C=O) groups excluding carboxylic acids is 2. The number of nitrogens with one attached hydrogen (secondary N) is 2. The Bertz CT molecular complexity index is 2060. The van der Waals surface area contributed by atoms with E-state index in [1.165, 1.54) is 30.5 Å². The Morgan fingerprint density at radius 2 is 1.63 bits per heavy atom. The van der Waals surface area contributed by atoms with Crippen molar-refractivity contribution in [3.63, 3.8) is 0 Å². The lowest BCUT2D eigenvalue weighted by molar-refractivity contribution is -0.150. The molecule has 5 rings (SSSR count). The summed E-state index contributed by atoms with van der Waals surface area (Å²) in [6.45, 7) is 11.6. The predicted molar refractivity (Wildman–Crippen MR) is 231 cm³/mol. The molecule has 0 aromatic heterocycles. The van der Waals surface area contributed by atoms with Crippen molar-refractivity contribution < 1.29 is 60.4 Å². The standard InChI is InChI=1S/C44H62N3O13PS/c1-8-55-41(49)31(4)59-61(51,60-35-12-10-9-11-13-35)44(5,6)29-45-25-33-16-14-32(15-17-33)24-38(46-43(50)58-40-28-57-42-37(40)22-23-56-42)39(48)27-47(26-30(2)3)62(52,53)36-20-18-34(54-7)19-21-36/h9-21,30-31,37-40,42,45,48H,8,22-29H2,1-7H3,(H,46,50)/t31-,37-,38-,39+,40-,42+,61?/m0/s1. The van der Waals surface area contributed by atoms with E-state index in [1.807, 2.05) is 38.1 Å². The zero-order valence-electron chi connectivity index (χ0n) is 36.6. The number of amides is 1. The minimum Gasteiger partial charge on any atom is -0.497 e. The number of fused-ring (bicyclic) bond motifs is 1. The highest BCUT2D eigenvalue weighted by molar-refractivity contribution is 7.89. The van der Waals surface area contributed by atoms with E-state index < -0.39 is 65.5 Å². The van der Waals surface area contributed by atoms with Gasteiger partial charge in [-0.1, -0.05) is 56.3 Å². The number of rotatable bonds is 23. The molecule has 2 aliphatic rings. The fraction of sp³-hybridized carbons (Fsp3) is 0.545. The number of hydrogen-bond donors (Lipinski definition) is 3. The van der Waals surface area contributed by atoms with E-state index in [4.69, 9.17) is 32.7 Å². The molecular formula is C44H62N3O13PS. The average molecular weight is 904 g/mol. The summed E-state index contributed by atoms with van der Waals surface area (Å²) in [5.74, 6) is 0.00438. The van der Waals surface area contributed by atoms with E-state index in [2.05, 4.69) is 10.6 Å². The van der Waals surface area contributed by atoms with Gasteiger partial charge < -0.3 is 43.9 Å². The second kappa shape index (κ2) is 22.0. The number of carbonyl (C=O) groups is 2. The summed E-state index contributed by atoms with van der Waals surface area (Å²) in [5.41, 5.74) is 1.62. The molecule has 342 valence electrons. The van der Waals surface area contributed by atoms with Gasteiger partial charge in [0.1, 0.15) is 17.6 Å². The number of nitrogens with zero attached hydrogens (tertiary/aromatic N) is 1. The third-order valence-corrected chi connectivity index (χ3v) is 15.2. The van der Waals surface area contributed by atoms with Crippen molar-refractivity contribution >= 4 is 29.7 Å². The zero-order valence-corrected chi connectivity index (χ0v) is 38.3. The van der Waals surface area contributed by atoms with Crippen LogP contribution in [-0.2, 0) is 55.8 Å². The molecular weight excluding hydrogens is 842 g/mol. The first-order valence-corrected chi connectivity index (χ1v) is 23.9. The fourth-order valence-corrected chi connectivity index (χ4v) is 10.5. The van der Waals surface area contributed by atoms with Gasteiger partial charge in [0.15, 0.2) is 12.4 Å². The van der Waals surface area contributed by atoms with E-state index in [-0.39, 0.29) is 56.0 Å². The smallest absolute Gasteiger partial charge is 0.407 e. The molecule has 0 spiro atoms. The van der Waals surface area contributed by atoms with Crippen molar-refractivity contribution in [3.05, 3.63) is 90.0 Å². The van der Waals surface area contributed by atoms with Crippen LogP contribution in [0, 0.1) is 11.8 Å². The highest BCUT2D eigenvalue weighted by Crippen LogP contribution is 2.60. The van der Waals surface area contributed by atoms with Gasteiger partial charge in [0.25, 0.3) is 0 Å². The Balaban J connectivity index is 1.29. The molecule has 0 saturated carbocycles. The summed E-state index contributed by atoms with van der Waals surface area (Å²) >= 11 is 0. The maximum atomic E-state index is 14.5. The highest BCUT2D eigenvalue weighted by atomic mass is 32.2. The summed E-state index contributed by atoms with van der Waals surface area (Å²) in [6, 6.07) is 21.2. The zero-order chi connectivity index (χ0) is 45.1. The predicted octanol–water partition coefficient (Wildman–Crippen LogP) is 5.91. The molecule has 2 fully saturated rings. The van der Waals surface area contributed by atoms with Crippen molar-refractivity contribution in [1.82, 2.24) is 14.9 Å². The number of para-hydroxylation sites is 1. The van der Waals surface area contributed by atoms with Gasteiger partial charge in [-0.25, -0.2) is 22.6 Å². The third kappa shape index (κ3) is 13.0. The molecule has 0 aliphatic carbocycles. The number of aliphatic hydroxyl groups is 1. The number of benzene rings is 3. The maximum Gasteiger partial charge on any atom is 0.407 e. The Kier molecular flexibility index (Phi) is 17.4. The van der Waals surface area contributed by atoms with Crippen molar-refractivity contribution in [1.29, 1.82) is 0 Å². The number of hydrogen-bond acceptors (Lipinski definition) is 14. The van der Waals surface area contributed by atoms with Crippen LogP contribution in [0.2, 0.25) is 0 Å². The molecule has 2 saturated heterocycles. The first-order valence-electron chi connectivity index (χ1n) is 21.0. The number of alkyl carbamates (subject to hydrolysis) is 1. The molecule has 16 nitrogen and oxygen atoms in total. The quantitative estimate of drug-likeness (QED) is 0.0750. The van der Waals surface area contributed by atoms with Crippen molar-refractivity contribution in [2.75, 3.05) is 46.6 Å². The third-order valence-electron chi connectivity index (χ3n) is 10.7. The minimum absolute atomic E-state index is 0.0440. The summed E-state index contributed by atoms with van der Waals surface area (Å²) in [6.07, 6.45) is -3.38. The lowest BCUT2D eigenvalue weighted by Crippen LogP contribution is -2.51. The fourth-order valence-electron chi connectivity index (χ4n) is 7.14. The lowest BCUT2D eigenvalue weighted by atomic mass is 9.99. The number of sulfonamides is 1. The summed E-state index contributed by atoms with van der Waals surface area (Å²) in [5, 5.41) is 16.9. The van der Waals surface area contributed by atoms with Gasteiger partial charge in [0, 0.05) is 26.2 Å². The Morgan fingerprint density at radius 1 is 0.952 bits per heavy atom. The number of ether oxygens (including phenoxy) is 5. The second-order valence-electron chi connectivity index (χ2n) is 16.5. The van der Waals surface area contributed by atoms with Gasteiger partial charge in [0.05, 0.1) is 55.0 Å². The van der Waals surface area contributed by atoms with E-state index in [0.29, 0.717) is 31.1 Å². The average Bonchev–Trinajstić information content (AvgIpc) is 3.86. The van der Waals surface area contributed by atoms with Crippen LogP contribution in [0.25, 0.3) is 0 Å². The van der Waals surface area contributed by atoms with Gasteiger partial charge in [0.2, 0.25) is 10.0 Å². The van der Waals surface area contributed by atoms with Crippen LogP contribution in [0.5, 0.6) is 11.5 Å². The van der Waals surface area contributed by atoms with Crippen LogP contribution in [0.4, 0.5) is 4.79 Å². The van der Waals surface area contributed by atoms with E-state index in [1.54, 1.807) is 63.2 Å². The van der Waals surface area contributed by atoms with Crippen LogP contribution < -0.4 is 19.9 Å². The SMILES string of the molecule is CCOC(=O)[C@H](C)OP(=O)(Oc1ccccc1)C(C)(C)CNCc1ccc(C[C@H](NC(=O)O[C@H]2CO[C@H]3OCC[C@H]32)[C@H](O)CN(CC(C)C)S(=O)(=O)c2ccc(OC)cc2)cc1. The molecule has 2 heterocycles.